The lowest BCUT2D eigenvalue weighted by molar-refractivity contribution is -0.119. The third kappa shape index (κ3) is 5.65. The summed E-state index contributed by atoms with van der Waals surface area (Å²) in [4.78, 5) is 27.8. The van der Waals surface area contributed by atoms with E-state index in [4.69, 9.17) is 0 Å². The molecule has 0 aliphatic carbocycles. The molecule has 9 heteroatoms. The van der Waals surface area contributed by atoms with Gasteiger partial charge in [0.05, 0.1) is 30.0 Å². The molecule has 2 aromatic carbocycles. The average molecular weight is 480 g/mol. The number of anilines is 2. The number of nitrogens with one attached hydrogen (secondary N) is 2. The molecule has 1 heterocycles. The highest BCUT2D eigenvalue weighted by Crippen LogP contribution is 2.30. The standard InChI is InChI=1S/C25H26FN5O2S/c1-16-17(2)31(19-9-7-8-18(26)12-19)25(20(16)13-27)29-24(33)15-30(3)14-23(32)28-21-10-5-6-11-22(21)34-4/h5-12H,14-15H2,1-4H3,(H,28,32)(H,29,33). The molecule has 176 valence electrons. The molecule has 0 unspecified atom stereocenters. The Hall–Kier alpha value is -3.61. The first-order valence-corrected chi connectivity index (χ1v) is 11.8. The van der Waals surface area contributed by atoms with Crippen LogP contribution in [-0.4, -0.2) is 47.7 Å². The first kappa shape index (κ1) is 25.0. The number of hydrogen-bond donors (Lipinski definition) is 2. The second kappa shape index (κ2) is 11.0. The highest BCUT2D eigenvalue weighted by molar-refractivity contribution is 7.98. The van der Waals surface area contributed by atoms with Gasteiger partial charge in [-0.3, -0.25) is 19.1 Å². The van der Waals surface area contributed by atoms with Crippen molar-refractivity contribution in [2.45, 2.75) is 18.7 Å². The van der Waals surface area contributed by atoms with Crippen molar-refractivity contribution in [2.75, 3.05) is 37.0 Å². The molecule has 3 rings (SSSR count). The highest BCUT2D eigenvalue weighted by atomic mass is 32.2. The molecule has 0 bridgehead atoms. The smallest absolute Gasteiger partial charge is 0.239 e. The van der Waals surface area contributed by atoms with E-state index in [-0.39, 0.29) is 24.8 Å². The van der Waals surface area contributed by atoms with Gasteiger partial charge in [-0.25, -0.2) is 4.39 Å². The molecule has 0 aliphatic heterocycles. The first-order chi connectivity index (χ1) is 16.2. The molecule has 0 radical (unpaired) electrons. The fraction of sp³-hybridized carbons (Fsp3) is 0.240. The summed E-state index contributed by atoms with van der Waals surface area (Å²) in [5.41, 5.74) is 2.94. The molecular weight excluding hydrogens is 453 g/mol. The van der Waals surface area contributed by atoms with Crippen LogP contribution in [0.2, 0.25) is 0 Å². The first-order valence-electron chi connectivity index (χ1n) is 10.5. The molecule has 1 aromatic heterocycles. The van der Waals surface area contributed by atoms with Gasteiger partial charge in [-0.2, -0.15) is 5.26 Å². The van der Waals surface area contributed by atoms with Gasteiger partial charge in [0.25, 0.3) is 0 Å². The van der Waals surface area contributed by atoms with Crippen LogP contribution in [0.15, 0.2) is 53.4 Å². The summed E-state index contributed by atoms with van der Waals surface area (Å²) in [5, 5.41) is 15.3. The molecule has 0 saturated heterocycles. The monoisotopic (exact) mass is 479 g/mol. The van der Waals surface area contributed by atoms with Crippen LogP contribution in [-0.2, 0) is 9.59 Å². The number of carbonyl (C=O) groups is 2. The average Bonchev–Trinajstić information content (AvgIpc) is 3.02. The number of aromatic nitrogens is 1. The number of thioether (sulfide) groups is 1. The SMILES string of the molecule is CSc1ccccc1NC(=O)CN(C)CC(=O)Nc1c(C#N)c(C)c(C)n1-c1cccc(F)c1. The Kier molecular flexibility index (Phi) is 8.10. The summed E-state index contributed by atoms with van der Waals surface area (Å²) in [6.07, 6.45) is 1.93. The van der Waals surface area contributed by atoms with Crippen LogP contribution in [0, 0.1) is 31.0 Å². The fourth-order valence-electron chi connectivity index (χ4n) is 3.65. The minimum absolute atomic E-state index is 0.00417. The summed E-state index contributed by atoms with van der Waals surface area (Å²) in [6, 6.07) is 15.6. The lowest BCUT2D eigenvalue weighted by Gasteiger charge is -2.18. The number of benzene rings is 2. The zero-order valence-corrected chi connectivity index (χ0v) is 20.3. The highest BCUT2D eigenvalue weighted by Gasteiger charge is 2.22. The van der Waals surface area contributed by atoms with E-state index in [1.54, 1.807) is 42.5 Å². The van der Waals surface area contributed by atoms with Gasteiger partial charge in [0.1, 0.15) is 17.7 Å². The van der Waals surface area contributed by atoms with Gasteiger partial charge in [-0.1, -0.05) is 18.2 Å². The van der Waals surface area contributed by atoms with E-state index >= 15 is 0 Å². The number of para-hydroxylation sites is 1. The number of likely N-dealkylation sites (N-methyl/N-ethyl adjacent to an activating group) is 1. The molecule has 34 heavy (non-hydrogen) atoms. The Morgan fingerprint density at radius 1 is 1.09 bits per heavy atom. The lowest BCUT2D eigenvalue weighted by Crippen LogP contribution is -2.36. The lowest BCUT2D eigenvalue weighted by atomic mass is 10.2. The second-order valence-corrected chi connectivity index (χ2v) is 8.68. The predicted molar refractivity (Wildman–Crippen MR) is 133 cm³/mol. The molecule has 7 nitrogen and oxygen atoms in total. The van der Waals surface area contributed by atoms with Crippen LogP contribution in [0.4, 0.5) is 15.9 Å². The van der Waals surface area contributed by atoms with Crippen LogP contribution in [0.5, 0.6) is 0 Å². The van der Waals surface area contributed by atoms with Gasteiger partial charge >= 0.3 is 0 Å². The molecule has 3 aromatic rings. The molecule has 0 saturated carbocycles. The predicted octanol–water partition coefficient (Wildman–Crippen LogP) is 4.34. The van der Waals surface area contributed by atoms with E-state index in [1.807, 2.05) is 30.5 Å². The number of nitriles is 1. The summed E-state index contributed by atoms with van der Waals surface area (Å²) >= 11 is 1.53. The maximum Gasteiger partial charge on any atom is 0.239 e. The Bertz CT molecular complexity index is 1260. The molecule has 0 spiro atoms. The molecule has 0 aliphatic rings. The quantitative estimate of drug-likeness (QED) is 0.469. The second-order valence-electron chi connectivity index (χ2n) is 7.83. The molecule has 2 amide bonds. The van der Waals surface area contributed by atoms with Crippen molar-refractivity contribution in [3.05, 3.63) is 71.2 Å². The molecular formula is C25H26FN5O2S. The van der Waals surface area contributed by atoms with Gasteiger partial charge in [0, 0.05) is 10.6 Å². The molecule has 0 atom stereocenters. The van der Waals surface area contributed by atoms with E-state index in [2.05, 4.69) is 16.7 Å². The number of hydrogen-bond acceptors (Lipinski definition) is 5. The largest absolute Gasteiger partial charge is 0.324 e. The number of nitrogens with zero attached hydrogens (tertiary/aromatic N) is 3. The Morgan fingerprint density at radius 2 is 1.76 bits per heavy atom. The Labute approximate surface area is 202 Å². The zero-order valence-electron chi connectivity index (χ0n) is 19.5. The van der Waals surface area contributed by atoms with Crippen molar-refractivity contribution in [1.29, 1.82) is 5.26 Å². The van der Waals surface area contributed by atoms with Crippen LogP contribution in [0.1, 0.15) is 16.8 Å². The van der Waals surface area contributed by atoms with Crippen molar-refractivity contribution < 1.29 is 14.0 Å². The number of halogens is 1. The van der Waals surface area contributed by atoms with Crippen molar-refractivity contribution in [3.8, 4) is 11.8 Å². The van der Waals surface area contributed by atoms with Crippen molar-refractivity contribution >= 4 is 35.1 Å². The molecule has 2 N–H and O–H groups in total. The fourth-order valence-corrected chi connectivity index (χ4v) is 4.21. The van der Waals surface area contributed by atoms with Gasteiger partial charge in [0.15, 0.2) is 0 Å². The summed E-state index contributed by atoms with van der Waals surface area (Å²) in [6.45, 7) is 3.51. The number of rotatable bonds is 8. The van der Waals surface area contributed by atoms with Crippen LogP contribution < -0.4 is 10.6 Å². The minimum atomic E-state index is -0.423. The summed E-state index contributed by atoms with van der Waals surface area (Å²) < 4.78 is 15.5. The third-order valence-corrected chi connectivity index (χ3v) is 6.15. The zero-order chi connectivity index (χ0) is 24.8. The van der Waals surface area contributed by atoms with Gasteiger partial charge in [-0.15, -0.1) is 11.8 Å². The normalized spacial score (nSPS) is 10.7. The Morgan fingerprint density at radius 3 is 2.41 bits per heavy atom. The van der Waals surface area contributed by atoms with E-state index < -0.39 is 11.7 Å². The number of carbonyl (C=O) groups excluding carboxylic acids is 2. The topological polar surface area (TPSA) is 90.2 Å². The van der Waals surface area contributed by atoms with Crippen LogP contribution in [0.3, 0.4) is 0 Å². The van der Waals surface area contributed by atoms with Crippen LogP contribution >= 0.6 is 11.8 Å². The van der Waals surface area contributed by atoms with Crippen molar-refractivity contribution in [3.63, 3.8) is 0 Å². The maximum atomic E-state index is 13.9. The summed E-state index contributed by atoms with van der Waals surface area (Å²) in [5.74, 6) is -0.788. The van der Waals surface area contributed by atoms with Gasteiger partial charge < -0.3 is 10.6 Å². The molecule has 0 fully saturated rings. The van der Waals surface area contributed by atoms with E-state index in [0.29, 0.717) is 16.8 Å². The van der Waals surface area contributed by atoms with E-state index in [9.17, 15) is 19.2 Å². The third-order valence-electron chi connectivity index (χ3n) is 5.36. The Balaban J connectivity index is 1.73. The van der Waals surface area contributed by atoms with Gasteiger partial charge in [-0.05, 0) is 63.0 Å². The van der Waals surface area contributed by atoms with Crippen molar-refractivity contribution in [2.24, 2.45) is 0 Å². The van der Waals surface area contributed by atoms with Crippen LogP contribution in [0.25, 0.3) is 5.69 Å². The summed E-state index contributed by atoms with van der Waals surface area (Å²) in [7, 11) is 1.66. The number of amides is 2. The maximum absolute atomic E-state index is 13.9. The minimum Gasteiger partial charge on any atom is -0.324 e. The van der Waals surface area contributed by atoms with Crippen molar-refractivity contribution in [1.82, 2.24) is 9.47 Å². The van der Waals surface area contributed by atoms with E-state index in [1.165, 1.54) is 23.9 Å². The van der Waals surface area contributed by atoms with Gasteiger partial charge in [0.2, 0.25) is 11.8 Å². The van der Waals surface area contributed by atoms with E-state index in [0.717, 1.165) is 16.3 Å².